The molecule has 0 radical (unpaired) electrons. The van der Waals surface area contributed by atoms with Gasteiger partial charge in [0.1, 0.15) is 0 Å². The first kappa shape index (κ1) is 7.65. The van der Waals surface area contributed by atoms with Gasteiger partial charge in [0, 0.05) is 11.8 Å². The number of rotatable bonds is 0. The van der Waals surface area contributed by atoms with Crippen molar-refractivity contribution < 1.29 is 0 Å². The monoisotopic (exact) mass is 185 g/mol. The topological polar surface area (TPSA) is 0 Å². The van der Waals surface area contributed by atoms with Crippen LogP contribution in [0.25, 0.3) is 0 Å². The summed E-state index contributed by atoms with van der Waals surface area (Å²) in [5, 5.41) is 0. The second-order valence-corrected chi connectivity index (χ2v) is 5.65. The highest BCUT2D eigenvalue weighted by atomic mass is 14.6. The number of hydrogen-bond acceptors (Lipinski definition) is 0. The fourth-order valence-corrected chi connectivity index (χ4v) is 4.92. The molecule has 0 spiro atoms. The van der Waals surface area contributed by atoms with Crippen LogP contribution in [-0.2, 0) is 0 Å². The third-order valence-corrected chi connectivity index (χ3v) is 5.38. The van der Waals surface area contributed by atoms with Gasteiger partial charge in [-0.3, -0.25) is 0 Å². The molecule has 0 saturated heterocycles. The lowest BCUT2D eigenvalue weighted by molar-refractivity contribution is 0.128. The van der Waals surface area contributed by atoms with E-state index in [0.717, 1.165) is 35.5 Å². The highest BCUT2D eigenvalue weighted by Gasteiger charge is 2.60. The van der Waals surface area contributed by atoms with Crippen LogP contribution in [0, 0.1) is 41.6 Å². The Morgan fingerprint density at radius 2 is 1.64 bits per heavy atom. The van der Waals surface area contributed by atoms with Crippen LogP contribution < -0.4 is 0 Å². The minimum absolute atomic E-state index is 0.938. The summed E-state index contributed by atoms with van der Waals surface area (Å²) in [7, 11) is 0. The van der Waals surface area contributed by atoms with E-state index in [0.29, 0.717) is 0 Å². The Morgan fingerprint density at radius 1 is 0.857 bits per heavy atom. The zero-order chi connectivity index (χ0) is 9.12. The Balaban J connectivity index is 1.73. The predicted octanol–water partition coefficient (Wildman–Crippen LogP) is 3.21. The third kappa shape index (κ3) is 0.754. The molecule has 2 bridgehead atoms. The van der Waals surface area contributed by atoms with Crippen LogP contribution in [0.15, 0.2) is 18.2 Å². The molecular weight excluding hydrogens is 168 g/mol. The van der Waals surface area contributed by atoms with Crippen LogP contribution in [0.4, 0.5) is 0 Å². The molecule has 0 aliphatic heterocycles. The Hall–Kier alpha value is -0.610. The zero-order valence-corrected chi connectivity index (χ0v) is 8.52. The molecule has 0 aromatic heterocycles. The van der Waals surface area contributed by atoms with Gasteiger partial charge in [0.05, 0.1) is 0 Å². The van der Waals surface area contributed by atoms with Gasteiger partial charge in [0.25, 0.3) is 0 Å². The molecule has 0 aromatic rings. The van der Waals surface area contributed by atoms with Gasteiger partial charge in [-0.05, 0) is 42.9 Å². The highest BCUT2D eigenvalue weighted by Crippen LogP contribution is 2.63. The zero-order valence-electron chi connectivity index (χ0n) is 8.52. The van der Waals surface area contributed by atoms with E-state index in [1.807, 2.05) is 0 Å². The van der Waals surface area contributed by atoms with Gasteiger partial charge in [-0.2, -0.15) is 0 Å². The Bertz CT molecular complexity index is 312. The Morgan fingerprint density at radius 3 is 2.50 bits per heavy atom. The van der Waals surface area contributed by atoms with Gasteiger partial charge in [0.15, 0.2) is 12.5 Å². The first-order valence-corrected chi connectivity index (χ1v) is 6.17. The maximum atomic E-state index is 3.49. The van der Waals surface area contributed by atoms with Crippen molar-refractivity contribution >= 4 is 0 Å². The standard InChI is InChI=1S/C14H17/c1-2-5-10-9(4-1)13-8-14(10)12-7-3-6-11(12)13/h1-2,6,9-14H,4-5,7-8H2/q+1. The maximum absolute atomic E-state index is 3.49. The summed E-state index contributed by atoms with van der Waals surface area (Å²) in [6.45, 7) is 0. The molecule has 6 atom stereocenters. The second kappa shape index (κ2) is 2.49. The predicted molar refractivity (Wildman–Crippen MR) is 56.4 cm³/mol. The molecule has 2 saturated carbocycles. The van der Waals surface area contributed by atoms with Crippen molar-refractivity contribution in [3.8, 4) is 0 Å². The lowest BCUT2D eigenvalue weighted by Crippen LogP contribution is -2.33. The molecule has 0 amide bonds. The van der Waals surface area contributed by atoms with E-state index in [1.165, 1.54) is 19.3 Å². The maximum Gasteiger partial charge on any atom is 0.218 e. The van der Waals surface area contributed by atoms with E-state index in [9.17, 15) is 0 Å². The lowest BCUT2D eigenvalue weighted by Gasteiger charge is -2.37. The summed E-state index contributed by atoms with van der Waals surface area (Å²) >= 11 is 0. The van der Waals surface area contributed by atoms with E-state index in [2.05, 4.69) is 24.3 Å². The van der Waals surface area contributed by atoms with Crippen molar-refractivity contribution in [3.05, 3.63) is 24.3 Å². The van der Waals surface area contributed by atoms with Crippen molar-refractivity contribution in [2.75, 3.05) is 0 Å². The highest BCUT2D eigenvalue weighted by molar-refractivity contribution is 5.16. The van der Waals surface area contributed by atoms with Crippen LogP contribution in [0.5, 0.6) is 0 Å². The molecule has 0 aromatic carbocycles. The number of hydrogen-bond donors (Lipinski definition) is 0. The molecule has 0 heterocycles. The van der Waals surface area contributed by atoms with Crippen LogP contribution >= 0.6 is 0 Å². The number of allylic oxidation sites excluding steroid dienone is 4. The molecule has 0 N–H and O–H groups in total. The van der Waals surface area contributed by atoms with Crippen molar-refractivity contribution in [3.63, 3.8) is 0 Å². The minimum Gasteiger partial charge on any atom is -0.0882 e. The van der Waals surface area contributed by atoms with Crippen molar-refractivity contribution in [2.24, 2.45) is 35.5 Å². The van der Waals surface area contributed by atoms with E-state index in [1.54, 1.807) is 6.42 Å². The summed E-state index contributed by atoms with van der Waals surface area (Å²) in [6.07, 6.45) is 16.4. The lowest BCUT2D eigenvalue weighted by atomic mass is 9.66. The van der Waals surface area contributed by atoms with Gasteiger partial charge < -0.3 is 0 Å². The molecule has 0 heteroatoms. The summed E-state index contributed by atoms with van der Waals surface area (Å²) in [5.74, 6) is 6.14. The molecule has 4 aliphatic rings. The molecule has 4 aliphatic carbocycles. The van der Waals surface area contributed by atoms with Gasteiger partial charge in [-0.25, -0.2) is 0 Å². The van der Waals surface area contributed by atoms with Crippen molar-refractivity contribution in [2.45, 2.75) is 25.7 Å². The van der Waals surface area contributed by atoms with Crippen molar-refractivity contribution in [1.82, 2.24) is 0 Å². The average molecular weight is 185 g/mol. The summed E-state index contributed by atoms with van der Waals surface area (Å²) in [5.41, 5.74) is 0. The van der Waals surface area contributed by atoms with E-state index < -0.39 is 0 Å². The van der Waals surface area contributed by atoms with Gasteiger partial charge in [-0.15, -0.1) is 0 Å². The Labute approximate surface area is 86.1 Å². The molecule has 6 unspecified atom stereocenters. The van der Waals surface area contributed by atoms with Crippen molar-refractivity contribution in [1.29, 1.82) is 0 Å². The van der Waals surface area contributed by atoms with Gasteiger partial charge in [-0.1, -0.05) is 12.2 Å². The fraction of sp³-hybridized carbons (Fsp3) is 0.714. The number of fused-ring (bicyclic) bond motifs is 8. The molecule has 0 nitrogen and oxygen atoms in total. The average Bonchev–Trinajstić information content (AvgIpc) is 2.88. The smallest absolute Gasteiger partial charge is 0.0882 e. The summed E-state index contributed by atoms with van der Waals surface area (Å²) in [6, 6.07) is 0. The van der Waals surface area contributed by atoms with Gasteiger partial charge in [0.2, 0.25) is 6.08 Å². The SMILES string of the molecule is [C+]1=CC2C3CC(C2C1)C1CC=CCC31. The minimum atomic E-state index is 0.938. The quantitative estimate of drug-likeness (QED) is 0.401. The van der Waals surface area contributed by atoms with E-state index in [-0.39, 0.29) is 0 Å². The van der Waals surface area contributed by atoms with Gasteiger partial charge >= 0.3 is 0 Å². The summed E-state index contributed by atoms with van der Waals surface area (Å²) < 4.78 is 0. The van der Waals surface area contributed by atoms with Crippen LogP contribution in [0.3, 0.4) is 0 Å². The Kier molecular flexibility index (Phi) is 1.36. The molecular formula is C14H17+. The molecule has 2 fully saturated rings. The third-order valence-electron chi connectivity index (χ3n) is 5.38. The summed E-state index contributed by atoms with van der Waals surface area (Å²) in [4.78, 5) is 0. The van der Waals surface area contributed by atoms with Crippen LogP contribution in [-0.4, -0.2) is 0 Å². The van der Waals surface area contributed by atoms with Crippen LogP contribution in [0.1, 0.15) is 25.7 Å². The normalized spacial score (nSPS) is 57.1. The largest absolute Gasteiger partial charge is 0.218 e. The molecule has 14 heavy (non-hydrogen) atoms. The first-order chi connectivity index (χ1) is 6.95. The molecule has 4 rings (SSSR count). The van der Waals surface area contributed by atoms with E-state index in [4.69, 9.17) is 0 Å². The first-order valence-electron chi connectivity index (χ1n) is 6.17. The fourth-order valence-electron chi connectivity index (χ4n) is 4.92. The molecule has 72 valence electrons. The van der Waals surface area contributed by atoms with Crippen LogP contribution in [0.2, 0.25) is 0 Å². The van der Waals surface area contributed by atoms with E-state index >= 15 is 0 Å². The second-order valence-electron chi connectivity index (χ2n) is 5.65.